The highest BCUT2D eigenvalue weighted by molar-refractivity contribution is 6.31. The summed E-state index contributed by atoms with van der Waals surface area (Å²) in [5.41, 5.74) is 1.86. The van der Waals surface area contributed by atoms with Gasteiger partial charge in [0.1, 0.15) is 0 Å². The SMILES string of the molecule is Cc1ccc(Cl)cc1C(=O)C1CCC(C)CC1. The van der Waals surface area contributed by atoms with Gasteiger partial charge in [-0.15, -0.1) is 0 Å². The molecule has 17 heavy (non-hydrogen) atoms. The molecule has 0 heterocycles. The van der Waals surface area contributed by atoms with Crippen LogP contribution in [0.1, 0.15) is 48.5 Å². The lowest BCUT2D eigenvalue weighted by molar-refractivity contribution is 0.0875. The van der Waals surface area contributed by atoms with Crippen molar-refractivity contribution >= 4 is 17.4 Å². The van der Waals surface area contributed by atoms with E-state index in [-0.39, 0.29) is 11.7 Å². The van der Waals surface area contributed by atoms with Crippen molar-refractivity contribution in [3.8, 4) is 0 Å². The Morgan fingerprint density at radius 3 is 2.53 bits per heavy atom. The van der Waals surface area contributed by atoms with E-state index in [4.69, 9.17) is 11.6 Å². The molecule has 1 aliphatic rings. The number of carbonyl (C=O) groups is 1. The van der Waals surface area contributed by atoms with Gasteiger partial charge >= 0.3 is 0 Å². The molecule has 1 aromatic carbocycles. The molecule has 1 nitrogen and oxygen atoms in total. The minimum Gasteiger partial charge on any atom is -0.294 e. The van der Waals surface area contributed by atoms with Gasteiger partial charge in [-0.25, -0.2) is 0 Å². The minimum atomic E-state index is 0.211. The van der Waals surface area contributed by atoms with Gasteiger partial charge < -0.3 is 0 Å². The van der Waals surface area contributed by atoms with Crippen molar-refractivity contribution in [2.24, 2.45) is 11.8 Å². The first-order valence-corrected chi connectivity index (χ1v) is 6.76. The van der Waals surface area contributed by atoms with Gasteiger partial charge in [0.05, 0.1) is 0 Å². The van der Waals surface area contributed by atoms with E-state index >= 15 is 0 Å². The van der Waals surface area contributed by atoms with E-state index in [0.717, 1.165) is 29.9 Å². The van der Waals surface area contributed by atoms with Crippen LogP contribution in [-0.4, -0.2) is 5.78 Å². The molecule has 0 unspecified atom stereocenters. The van der Waals surface area contributed by atoms with Crippen LogP contribution < -0.4 is 0 Å². The molecule has 0 aromatic heterocycles. The van der Waals surface area contributed by atoms with E-state index in [1.54, 1.807) is 0 Å². The molecule has 1 aromatic rings. The number of ketones is 1. The van der Waals surface area contributed by atoms with Crippen LogP contribution in [0.3, 0.4) is 0 Å². The molecule has 0 bridgehead atoms. The lowest BCUT2D eigenvalue weighted by Gasteiger charge is -2.25. The number of hydrogen-bond acceptors (Lipinski definition) is 1. The summed E-state index contributed by atoms with van der Waals surface area (Å²) in [5.74, 6) is 1.28. The molecule has 2 rings (SSSR count). The lowest BCUT2D eigenvalue weighted by Crippen LogP contribution is -2.21. The summed E-state index contributed by atoms with van der Waals surface area (Å²) in [5, 5.41) is 0.656. The third-order valence-electron chi connectivity index (χ3n) is 3.85. The molecule has 0 saturated heterocycles. The third-order valence-corrected chi connectivity index (χ3v) is 4.09. The van der Waals surface area contributed by atoms with Crippen LogP contribution in [0.2, 0.25) is 5.02 Å². The topological polar surface area (TPSA) is 17.1 Å². The van der Waals surface area contributed by atoms with E-state index in [1.807, 2.05) is 25.1 Å². The van der Waals surface area contributed by atoms with E-state index in [9.17, 15) is 4.79 Å². The Kier molecular flexibility index (Phi) is 3.88. The fourth-order valence-electron chi connectivity index (χ4n) is 2.60. The first-order valence-electron chi connectivity index (χ1n) is 6.38. The summed E-state index contributed by atoms with van der Waals surface area (Å²) in [6.07, 6.45) is 4.42. The second kappa shape index (κ2) is 5.22. The lowest BCUT2D eigenvalue weighted by atomic mass is 9.79. The number of benzene rings is 1. The first kappa shape index (κ1) is 12.6. The molecule has 0 spiro atoms. The van der Waals surface area contributed by atoms with Crippen molar-refractivity contribution in [2.75, 3.05) is 0 Å². The minimum absolute atomic E-state index is 0.211. The van der Waals surface area contributed by atoms with Gasteiger partial charge in [-0.05, 0) is 43.4 Å². The van der Waals surface area contributed by atoms with Gasteiger partial charge in [0.25, 0.3) is 0 Å². The molecule has 0 radical (unpaired) electrons. The van der Waals surface area contributed by atoms with Crippen molar-refractivity contribution < 1.29 is 4.79 Å². The Morgan fingerprint density at radius 2 is 1.88 bits per heavy atom. The zero-order chi connectivity index (χ0) is 12.4. The summed E-state index contributed by atoms with van der Waals surface area (Å²) in [6.45, 7) is 4.25. The van der Waals surface area contributed by atoms with Crippen molar-refractivity contribution in [1.29, 1.82) is 0 Å². The maximum Gasteiger partial charge on any atom is 0.166 e. The van der Waals surface area contributed by atoms with Crippen molar-refractivity contribution in [3.63, 3.8) is 0 Å². The van der Waals surface area contributed by atoms with Crippen LogP contribution in [0.15, 0.2) is 18.2 Å². The van der Waals surface area contributed by atoms with Gasteiger partial charge in [-0.2, -0.15) is 0 Å². The highest BCUT2D eigenvalue weighted by Gasteiger charge is 2.26. The number of aryl methyl sites for hydroxylation is 1. The second-order valence-corrected chi connectivity index (χ2v) is 5.72. The second-order valence-electron chi connectivity index (χ2n) is 5.28. The van der Waals surface area contributed by atoms with Crippen molar-refractivity contribution in [3.05, 3.63) is 34.3 Å². The van der Waals surface area contributed by atoms with Gasteiger partial charge in [0, 0.05) is 16.5 Å². The summed E-state index contributed by atoms with van der Waals surface area (Å²) in [4.78, 5) is 12.4. The Labute approximate surface area is 108 Å². The highest BCUT2D eigenvalue weighted by atomic mass is 35.5. The van der Waals surface area contributed by atoms with E-state index in [2.05, 4.69) is 6.92 Å². The molecule has 92 valence electrons. The summed E-state index contributed by atoms with van der Waals surface area (Å²) in [7, 11) is 0. The average molecular weight is 251 g/mol. The average Bonchev–Trinajstić information content (AvgIpc) is 2.32. The summed E-state index contributed by atoms with van der Waals surface area (Å²) >= 11 is 5.97. The Balaban J connectivity index is 2.16. The van der Waals surface area contributed by atoms with Crippen LogP contribution in [0, 0.1) is 18.8 Å². The summed E-state index contributed by atoms with van der Waals surface area (Å²) < 4.78 is 0. The van der Waals surface area contributed by atoms with E-state index in [1.165, 1.54) is 12.8 Å². The first-order chi connectivity index (χ1) is 8.08. The van der Waals surface area contributed by atoms with Crippen LogP contribution >= 0.6 is 11.6 Å². The van der Waals surface area contributed by atoms with Gasteiger partial charge in [0.2, 0.25) is 0 Å². The zero-order valence-electron chi connectivity index (χ0n) is 10.5. The number of carbonyl (C=O) groups excluding carboxylic acids is 1. The standard InChI is InChI=1S/C15H19ClO/c1-10-3-6-12(7-4-10)15(17)14-9-13(16)8-5-11(14)2/h5,8-10,12H,3-4,6-7H2,1-2H3. The van der Waals surface area contributed by atoms with Crippen molar-refractivity contribution in [1.82, 2.24) is 0 Å². The molecule has 0 atom stereocenters. The number of Topliss-reactive ketones (excluding diaryl/α,β-unsaturated/α-hetero) is 1. The predicted octanol–water partition coefficient (Wildman–Crippen LogP) is 4.66. The quantitative estimate of drug-likeness (QED) is 0.698. The molecule has 2 heteroatoms. The largest absolute Gasteiger partial charge is 0.294 e. The smallest absolute Gasteiger partial charge is 0.166 e. The van der Waals surface area contributed by atoms with Crippen molar-refractivity contribution in [2.45, 2.75) is 39.5 Å². The molecular formula is C15H19ClO. The van der Waals surface area contributed by atoms with E-state index < -0.39 is 0 Å². The Morgan fingerprint density at radius 1 is 1.24 bits per heavy atom. The fraction of sp³-hybridized carbons (Fsp3) is 0.533. The molecule has 1 fully saturated rings. The monoisotopic (exact) mass is 250 g/mol. The third kappa shape index (κ3) is 2.90. The van der Waals surface area contributed by atoms with Crippen LogP contribution in [-0.2, 0) is 0 Å². The maximum absolute atomic E-state index is 12.4. The molecular weight excluding hydrogens is 232 g/mol. The van der Waals surface area contributed by atoms with Gasteiger partial charge in [-0.3, -0.25) is 4.79 Å². The number of hydrogen-bond donors (Lipinski definition) is 0. The molecule has 0 N–H and O–H groups in total. The Bertz CT molecular complexity index is 417. The fourth-order valence-corrected chi connectivity index (χ4v) is 2.77. The maximum atomic E-state index is 12.4. The molecule has 0 aliphatic heterocycles. The zero-order valence-corrected chi connectivity index (χ0v) is 11.3. The van der Waals surface area contributed by atoms with Crippen LogP contribution in [0.4, 0.5) is 0 Å². The van der Waals surface area contributed by atoms with Crippen LogP contribution in [0.25, 0.3) is 0 Å². The molecule has 0 amide bonds. The van der Waals surface area contributed by atoms with Gasteiger partial charge in [-0.1, -0.05) is 37.4 Å². The normalized spacial score (nSPS) is 24.6. The van der Waals surface area contributed by atoms with Crippen LogP contribution in [0.5, 0.6) is 0 Å². The summed E-state index contributed by atoms with van der Waals surface area (Å²) in [6, 6.07) is 5.59. The van der Waals surface area contributed by atoms with E-state index in [0.29, 0.717) is 5.02 Å². The molecule has 1 aliphatic carbocycles. The number of halogens is 1. The molecule has 1 saturated carbocycles. The highest BCUT2D eigenvalue weighted by Crippen LogP contribution is 2.31. The number of rotatable bonds is 2. The predicted molar refractivity (Wildman–Crippen MR) is 71.6 cm³/mol. The van der Waals surface area contributed by atoms with Gasteiger partial charge in [0.15, 0.2) is 5.78 Å². The Hall–Kier alpha value is -0.820.